The van der Waals surface area contributed by atoms with E-state index in [-0.39, 0.29) is 19.6 Å². The standard InChI is InChI=1S/C6H12N2O6/c7-5(4-9)6(10)13-2-1-3-14-8(11)12/h5,9H,1-4,7H2. The van der Waals surface area contributed by atoms with E-state index in [1.165, 1.54) is 0 Å². The summed E-state index contributed by atoms with van der Waals surface area (Å²) < 4.78 is 4.55. The van der Waals surface area contributed by atoms with Crippen molar-refractivity contribution in [3.05, 3.63) is 10.1 Å². The zero-order chi connectivity index (χ0) is 11.0. The molecule has 8 nitrogen and oxygen atoms in total. The molecule has 14 heavy (non-hydrogen) atoms. The third kappa shape index (κ3) is 6.14. The highest BCUT2D eigenvalue weighted by Crippen LogP contribution is 1.89. The number of carbonyl (C=O) groups is 1. The largest absolute Gasteiger partial charge is 0.464 e. The van der Waals surface area contributed by atoms with Crippen LogP contribution in [0.25, 0.3) is 0 Å². The predicted molar refractivity (Wildman–Crippen MR) is 43.6 cm³/mol. The van der Waals surface area contributed by atoms with Crippen LogP contribution in [-0.2, 0) is 14.4 Å². The molecule has 0 rings (SSSR count). The SMILES string of the molecule is NC(CO)C(=O)OCCCO[N+](=O)[O-]. The molecule has 3 N–H and O–H groups in total. The van der Waals surface area contributed by atoms with Crippen LogP contribution >= 0.6 is 0 Å². The molecular formula is C6H12N2O6. The predicted octanol–water partition coefficient (Wildman–Crippen LogP) is -1.55. The molecule has 0 aliphatic rings. The van der Waals surface area contributed by atoms with Crippen LogP contribution in [0.4, 0.5) is 0 Å². The van der Waals surface area contributed by atoms with Gasteiger partial charge in [-0.05, 0) is 0 Å². The summed E-state index contributed by atoms with van der Waals surface area (Å²) in [6, 6.07) is -1.06. The van der Waals surface area contributed by atoms with Crippen LogP contribution in [0, 0.1) is 10.1 Å². The van der Waals surface area contributed by atoms with E-state index in [1.807, 2.05) is 0 Å². The van der Waals surface area contributed by atoms with E-state index in [4.69, 9.17) is 10.8 Å². The number of nitrogens with two attached hydrogens (primary N) is 1. The van der Waals surface area contributed by atoms with Crippen LogP contribution in [0.3, 0.4) is 0 Å². The van der Waals surface area contributed by atoms with Gasteiger partial charge in [-0.25, -0.2) is 0 Å². The second-order valence-corrected chi connectivity index (χ2v) is 2.37. The van der Waals surface area contributed by atoms with Gasteiger partial charge in [0.1, 0.15) is 6.04 Å². The van der Waals surface area contributed by atoms with Crippen LogP contribution in [0.1, 0.15) is 6.42 Å². The summed E-state index contributed by atoms with van der Waals surface area (Å²) in [5.74, 6) is -0.742. The lowest BCUT2D eigenvalue weighted by atomic mass is 10.3. The molecule has 0 fully saturated rings. The van der Waals surface area contributed by atoms with Gasteiger partial charge in [-0.15, -0.1) is 10.1 Å². The lowest BCUT2D eigenvalue weighted by Gasteiger charge is -2.07. The topological polar surface area (TPSA) is 125 Å². The maximum atomic E-state index is 10.8. The molecule has 1 atom stereocenters. The smallest absolute Gasteiger partial charge is 0.325 e. The number of aliphatic hydroxyl groups is 1. The molecule has 8 heteroatoms. The van der Waals surface area contributed by atoms with Gasteiger partial charge in [-0.1, -0.05) is 0 Å². The van der Waals surface area contributed by atoms with Gasteiger partial charge in [-0.3, -0.25) is 4.79 Å². The van der Waals surface area contributed by atoms with E-state index >= 15 is 0 Å². The van der Waals surface area contributed by atoms with Crippen molar-refractivity contribution in [2.75, 3.05) is 19.8 Å². The highest BCUT2D eigenvalue weighted by atomic mass is 16.9. The molecule has 0 heterocycles. The summed E-state index contributed by atoms with van der Waals surface area (Å²) in [5.41, 5.74) is 5.12. The highest BCUT2D eigenvalue weighted by Gasteiger charge is 2.12. The minimum Gasteiger partial charge on any atom is -0.464 e. The molecular weight excluding hydrogens is 196 g/mol. The van der Waals surface area contributed by atoms with E-state index in [1.54, 1.807) is 0 Å². The van der Waals surface area contributed by atoms with Gasteiger partial charge in [0, 0.05) is 6.42 Å². The lowest BCUT2D eigenvalue weighted by molar-refractivity contribution is -0.757. The Labute approximate surface area is 79.7 Å². The second-order valence-electron chi connectivity index (χ2n) is 2.37. The molecule has 82 valence electrons. The number of hydrogen-bond donors (Lipinski definition) is 2. The number of hydrogen-bond acceptors (Lipinski definition) is 7. The van der Waals surface area contributed by atoms with Crippen molar-refractivity contribution in [2.24, 2.45) is 5.73 Å². The highest BCUT2D eigenvalue weighted by molar-refractivity contribution is 5.75. The van der Waals surface area contributed by atoms with Gasteiger partial charge >= 0.3 is 5.97 Å². The molecule has 0 aromatic heterocycles. The first-order valence-electron chi connectivity index (χ1n) is 3.88. The summed E-state index contributed by atoms with van der Waals surface area (Å²) in [6.45, 7) is -0.667. The fourth-order valence-corrected chi connectivity index (χ4v) is 0.552. The maximum absolute atomic E-state index is 10.8. The normalized spacial score (nSPS) is 11.9. The molecule has 0 aliphatic carbocycles. The van der Waals surface area contributed by atoms with Gasteiger partial charge in [0.2, 0.25) is 0 Å². The first-order chi connectivity index (χ1) is 6.57. The number of carbonyl (C=O) groups excluding carboxylic acids is 1. The summed E-state index contributed by atoms with van der Waals surface area (Å²) in [4.78, 5) is 24.4. The van der Waals surface area contributed by atoms with Crippen molar-refractivity contribution >= 4 is 5.97 Å². The molecule has 0 aromatic rings. The quantitative estimate of drug-likeness (QED) is 0.224. The van der Waals surface area contributed by atoms with Crippen molar-refractivity contribution in [1.29, 1.82) is 0 Å². The monoisotopic (exact) mass is 208 g/mol. The molecule has 0 spiro atoms. The van der Waals surface area contributed by atoms with Gasteiger partial charge in [0.25, 0.3) is 5.09 Å². The van der Waals surface area contributed by atoms with Crippen molar-refractivity contribution in [3.8, 4) is 0 Å². The van der Waals surface area contributed by atoms with Crippen LogP contribution in [0.5, 0.6) is 0 Å². The number of esters is 1. The molecule has 0 aliphatic heterocycles. The fraction of sp³-hybridized carbons (Fsp3) is 0.833. The zero-order valence-electron chi connectivity index (χ0n) is 7.42. The van der Waals surface area contributed by atoms with E-state index in [0.717, 1.165) is 0 Å². The first-order valence-corrected chi connectivity index (χ1v) is 3.88. The van der Waals surface area contributed by atoms with Crippen molar-refractivity contribution in [1.82, 2.24) is 0 Å². The lowest BCUT2D eigenvalue weighted by Crippen LogP contribution is -2.35. The molecule has 0 saturated heterocycles. The van der Waals surface area contributed by atoms with Crippen molar-refractivity contribution < 1.29 is 24.6 Å². The molecule has 0 bridgehead atoms. The summed E-state index contributed by atoms with van der Waals surface area (Å²) >= 11 is 0. The summed E-state index contributed by atoms with van der Waals surface area (Å²) in [7, 11) is 0. The van der Waals surface area contributed by atoms with Crippen LogP contribution in [0.15, 0.2) is 0 Å². The Balaban J connectivity index is 3.36. The van der Waals surface area contributed by atoms with E-state index < -0.39 is 23.7 Å². The van der Waals surface area contributed by atoms with Crippen LogP contribution in [-0.4, -0.2) is 42.0 Å². The summed E-state index contributed by atoms with van der Waals surface area (Å²) in [6.07, 6.45) is 0.199. The maximum Gasteiger partial charge on any atom is 0.325 e. The number of aliphatic hydroxyl groups excluding tert-OH is 1. The van der Waals surface area contributed by atoms with Gasteiger partial charge in [0.05, 0.1) is 19.8 Å². The third-order valence-corrected chi connectivity index (χ3v) is 1.23. The Morgan fingerprint density at radius 1 is 1.57 bits per heavy atom. The Kier molecular flexibility index (Phi) is 6.33. The van der Waals surface area contributed by atoms with Gasteiger partial charge in [0.15, 0.2) is 0 Å². The van der Waals surface area contributed by atoms with Crippen LogP contribution in [0.2, 0.25) is 0 Å². The zero-order valence-corrected chi connectivity index (χ0v) is 7.42. The number of nitrogens with zero attached hydrogens (tertiary/aromatic N) is 1. The van der Waals surface area contributed by atoms with E-state index in [0.29, 0.717) is 0 Å². The Morgan fingerprint density at radius 3 is 2.71 bits per heavy atom. The molecule has 0 saturated carbocycles. The minimum atomic E-state index is -1.06. The Morgan fingerprint density at radius 2 is 2.21 bits per heavy atom. The van der Waals surface area contributed by atoms with Gasteiger partial charge in [-0.2, -0.15) is 0 Å². The third-order valence-electron chi connectivity index (χ3n) is 1.23. The number of rotatable bonds is 7. The van der Waals surface area contributed by atoms with Gasteiger partial charge < -0.3 is 20.4 Å². The average Bonchev–Trinajstić information content (AvgIpc) is 2.15. The first kappa shape index (κ1) is 12.6. The average molecular weight is 208 g/mol. The van der Waals surface area contributed by atoms with Crippen molar-refractivity contribution in [2.45, 2.75) is 12.5 Å². The molecule has 0 radical (unpaired) electrons. The fourth-order valence-electron chi connectivity index (χ4n) is 0.552. The Bertz CT molecular complexity index is 197. The summed E-state index contributed by atoms with van der Waals surface area (Å²) in [5, 5.41) is 17.2. The number of ether oxygens (including phenoxy) is 1. The molecule has 0 aromatic carbocycles. The molecule has 0 amide bonds. The molecule has 1 unspecified atom stereocenters. The Hall–Kier alpha value is -1.41. The minimum absolute atomic E-state index is 0.0274. The van der Waals surface area contributed by atoms with Crippen LogP contribution < -0.4 is 5.73 Å². The van der Waals surface area contributed by atoms with E-state index in [2.05, 4.69) is 9.57 Å². The van der Waals surface area contributed by atoms with E-state index in [9.17, 15) is 14.9 Å². The second kappa shape index (κ2) is 7.04. The van der Waals surface area contributed by atoms with Crippen molar-refractivity contribution in [3.63, 3.8) is 0 Å².